The van der Waals surface area contributed by atoms with Gasteiger partial charge in [0, 0.05) is 17.5 Å². The fourth-order valence-electron chi connectivity index (χ4n) is 3.03. The molecule has 5 nitrogen and oxygen atoms in total. The molecular formula is C21H14O5S. The second-order valence-electron chi connectivity index (χ2n) is 6.08. The van der Waals surface area contributed by atoms with Crippen molar-refractivity contribution in [3.05, 3.63) is 86.6 Å². The highest BCUT2D eigenvalue weighted by atomic mass is 32.1. The summed E-state index contributed by atoms with van der Waals surface area (Å²) in [5.41, 5.74) is 1.36. The highest BCUT2D eigenvalue weighted by molar-refractivity contribution is 7.16. The van der Waals surface area contributed by atoms with Gasteiger partial charge >= 0.3 is 5.97 Å². The monoisotopic (exact) mass is 378 g/mol. The van der Waals surface area contributed by atoms with Crippen LogP contribution >= 0.6 is 11.3 Å². The van der Waals surface area contributed by atoms with Crippen molar-refractivity contribution in [3.63, 3.8) is 0 Å². The van der Waals surface area contributed by atoms with Gasteiger partial charge in [-0.25, -0.2) is 4.79 Å². The van der Waals surface area contributed by atoms with Crippen LogP contribution in [-0.2, 0) is 11.2 Å². The molecule has 0 saturated carbocycles. The molecule has 4 rings (SSSR count). The van der Waals surface area contributed by atoms with Gasteiger partial charge in [0.2, 0.25) is 5.78 Å². The average Bonchev–Trinajstić information content (AvgIpc) is 3.13. The van der Waals surface area contributed by atoms with Gasteiger partial charge in [0.05, 0.1) is 17.0 Å². The Morgan fingerprint density at radius 3 is 2.52 bits per heavy atom. The number of aromatic hydroxyl groups is 1. The lowest BCUT2D eigenvalue weighted by atomic mass is 9.88. The van der Waals surface area contributed by atoms with E-state index in [1.54, 1.807) is 0 Å². The molecule has 0 saturated heterocycles. The Bertz CT molecular complexity index is 1070. The molecule has 0 amide bonds. The Kier molecular flexibility index (Phi) is 4.33. The first-order chi connectivity index (χ1) is 13.1. The van der Waals surface area contributed by atoms with E-state index in [4.69, 9.17) is 4.74 Å². The number of benzene rings is 2. The van der Waals surface area contributed by atoms with Gasteiger partial charge in [0.1, 0.15) is 10.6 Å². The van der Waals surface area contributed by atoms with Crippen LogP contribution < -0.4 is 0 Å². The molecule has 0 aliphatic heterocycles. The number of hydrogen-bond acceptors (Lipinski definition) is 6. The molecule has 0 spiro atoms. The molecule has 6 heteroatoms. The van der Waals surface area contributed by atoms with Crippen LogP contribution in [0.4, 0.5) is 0 Å². The number of ketones is 2. The van der Waals surface area contributed by atoms with Crippen molar-refractivity contribution in [2.45, 2.75) is 6.42 Å². The number of esters is 1. The third-order valence-corrected chi connectivity index (χ3v) is 5.48. The number of phenols is 1. The van der Waals surface area contributed by atoms with E-state index >= 15 is 0 Å². The van der Waals surface area contributed by atoms with Crippen LogP contribution in [-0.4, -0.2) is 29.2 Å². The molecule has 1 N–H and O–H groups in total. The van der Waals surface area contributed by atoms with Gasteiger partial charge in [-0.1, -0.05) is 42.5 Å². The summed E-state index contributed by atoms with van der Waals surface area (Å²) in [6.45, 7) is 0.203. The highest BCUT2D eigenvalue weighted by Crippen LogP contribution is 2.36. The van der Waals surface area contributed by atoms with Crippen LogP contribution in [0.2, 0.25) is 0 Å². The number of fused-ring (bicyclic) bond motifs is 2. The van der Waals surface area contributed by atoms with Crippen LogP contribution in [0.15, 0.2) is 54.6 Å². The van der Waals surface area contributed by atoms with E-state index in [-0.39, 0.29) is 44.6 Å². The zero-order valence-corrected chi connectivity index (χ0v) is 14.9. The summed E-state index contributed by atoms with van der Waals surface area (Å²) in [4.78, 5) is 38.0. The molecule has 2 aromatic carbocycles. The largest absolute Gasteiger partial charge is 0.507 e. The number of hydrogen-bond donors (Lipinski definition) is 1. The van der Waals surface area contributed by atoms with Crippen LogP contribution in [0.1, 0.15) is 46.4 Å². The number of thiophene rings is 1. The number of carbonyl (C=O) groups excluding carboxylic acids is 3. The normalized spacial score (nSPS) is 12.4. The first kappa shape index (κ1) is 17.2. The highest BCUT2D eigenvalue weighted by Gasteiger charge is 2.35. The fourth-order valence-corrected chi connectivity index (χ4v) is 4.03. The first-order valence-electron chi connectivity index (χ1n) is 8.32. The van der Waals surface area contributed by atoms with E-state index in [2.05, 4.69) is 0 Å². The van der Waals surface area contributed by atoms with Crippen molar-refractivity contribution in [3.8, 4) is 5.75 Å². The second kappa shape index (κ2) is 6.81. The third kappa shape index (κ3) is 3.04. The van der Waals surface area contributed by atoms with E-state index < -0.39 is 11.8 Å². The van der Waals surface area contributed by atoms with Gasteiger partial charge in [-0.05, 0) is 17.7 Å². The van der Waals surface area contributed by atoms with Crippen LogP contribution in [0.25, 0.3) is 0 Å². The Labute approximate surface area is 158 Å². The molecule has 0 radical (unpaired) electrons. The number of carbonyl (C=O) groups is 3. The first-order valence-corrected chi connectivity index (χ1v) is 9.14. The molecule has 0 unspecified atom stereocenters. The third-order valence-electron chi connectivity index (χ3n) is 4.36. The van der Waals surface area contributed by atoms with Gasteiger partial charge in [-0.3, -0.25) is 9.59 Å². The van der Waals surface area contributed by atoms with Crippen molar-refractivity contribution in [1.29, 1.82) is 0 Å². The van der Waals surface area contributed by atoms with Gasteiger partial charge in [0.25, 0.3) is 0 Å². The Hall–Kier alpha value is -3.25. The SMILES string of the molecule is O=C(OCCc1ccccc1)c1cc2c(s1)C(=O)c1c(O)cccc1C2=O. The smallest absolute Gasteiger partial charge is 0.348 e. The summed E-state index contributed by atoms with van der Waals surface area (Å²) in [6, 6.07) is 15.4. The molecule has 1 heterocycles. The molecular weight excluding hydrogens is 364 g/mol. The topological polar surface area (TPSA) is 80.7 Å². The van der Waals surface area contributed by atoms with Crippen molar-refractivity contribution >= 4 is 28.9 Å². The molecule has 1 aromatic heterocycles. The quantitative estimate of drug-likeness (QED) is 0.549. The zero-order chi connectivity index (χ0) is 19.0. The number of phenolic OH excluding ortho intramolecular Hbond substituents is 1. The van der Waals surface area contributed by atoms with Crippen molar-refractivity contribution in [2.24, 2.45) is 0 Å². The van der Waals surface area contributed by atoms with Crippen molar-refractivity contribution in [1.82, 2.24) is 0 Å². The maximum atomic E-state index is 12.7. The minimum absolute atomic E-state index is 0.0131. The average molecular weight is 378 g/mol. The predicted molar refractivity (Wildman–Crippen MR) is 99.7 cm³/mol. The number of rotatable bonds is 4. The lowest BCUT2D eigenvalue weighted by molar-refractivity contribution is 0.0515. The van der Waals surface area contributed by atoms with Crippen LogP contribution in [0.5, 0.6) is 5.75 Å². The van der Waals surface area contributed by atoms with E-state index in [0.29, 0.717) is 6.42 Å². The Morgan fingerprint density at radius 1 is 0.963 bits per heavy atom. The minimum Gasteiger partial charge on any atom is -0.507 e. The van der Waals surface area contributed by atoms with Crippen LogP contribution in [0.3, 0.4) is 0 Å². The summed E-state index contributed by atoms with van der Waals surface area (Å²) in [7, 11) is 0. The maximum Gasteiger partial charge on any atom is 0.348 e. The second-order valence-corrected chi connectivity index (χ2v) is 7.14. The molecule has 1 aliphatic carbocycles. The summed E-state index contributed by atoms with van der Waals surface area (Å²) in [5, 5.41) is 9.95. The lowest BCUT2D eigenvalue weighted by Gasteiger charge is -2.14. The predicted octanol–water partition coefficient (Wildman–Crippen LogP) is 3.63. The van der Waals surface area contributed by atoms with Gasteiger partial charge in [0.15, 0.2) is 5.78 Å². The minimum atomic E-state index is -0.570. The maximum absolute atomic E-state index is 12.7. The molecule has 134 valence electrons. The zero-order valence-electron chi connectivity index (χ0n) is 14.1. The summed E-state index contributed by atoms with van der Waals surface area (Å²) in [5.74, 6) is -1.64. The lowest BCUT2D eigenvalue weighted by Crippen LogP contribution is -2.18. The molecule has 27 heavy (non-hydrogen) atoms. The van der Waals surface area contributed by atoms with E-state index in [0.717, 1.165) is 16.9 Å². The summed E-state index contributed by atoms with van der Waals surface area (Å²) in [6.07, 6.45) is 0.578. The van der Waals surface area contributed by atoms with Crippen molar-refractivity contribution < 1.29 is 24.2 Å². The molecule has 0 fully saturated rings. The summed E-state index contributed by atoms with van der Waals surface area (Å²) >= 11 is 0.918. The summed E-state index contributed by atoms with van der Waals surface area (Å²) < 4.78 is 5.28. The van der Waals surface area contributed by atoms with Gasteiger partial charge in [-0.15, -0.1) is 11.3 Å². The molecule has 3 aromatic rings. The van der Waals surface area contributed by atoms with Crippen molar-refractivity contribution in [2.75, 3.05) is 6.61 Å². The number of ether oxygens (including phenoxy) is 1. The van der Waals surface area contributed by atoms with Gasteiger partial charge in [-0.2, -0.15) is 0 Å². The van der Waals surface area contributed by atoms with Gasteiger partial charge < -0.3 is 9.84 Å². The van der Waals surface area contributed by atoms with Crippen LogP contribution in [0, 0.1) is 0 Å². The molecule has 1 aliphatic rings. The van der Waals surface area contributed by atoms with E-state index in [1.165, 1.54) is 24.3 Å². The van der Waals surface area contributed by atoms with E-state index in [9.17, 15) is 19.5 Å². The standard InChI is InChI=1S/C21H14O5S/c22-15-8-4-7-13-17(15)19(24)20-14(18(13)23)11-16(27-20)21(25)26-10-9-12-5-2-1-3-6-12/h1-8,11,22H,9-10H2. The molecule has 0 atom stereocenters. The van der Waals surface area contributed by atoms with E-state index in [1.807, 2.05) is 30.3 Å². The molecule has 0 bridgehead atoms. The Balaban J connectivity index is 1.54. The Morgan fingerprint density at radius 2 is 1.74 bits per heavy atom. The fraction of sp³-hybridized carbons (Fsp3) is 0.0952.